The number of unbranched alkanes of at least 4 members (excludes halogenated alkanes) is 4. The van der Waals surface area contributed by atoms with E-state index in [1.54, 1.807) is 32.6 Å². The average molecular weight is 1790 g/mol. The molecule has 1 unspecified atom stereocenters. The van der Waals surface area contributed by atoms with Crippen LogP contribution in [0.5, 0.6) is 0 Å². The lowest BCUT2D eigenvalue weighted by atomic mass is 9.88. The molecule has 0 radical (unpaired) electrons. The van der Waals surface area contributed by atoms with Gasteiger partial charge < -0.3 is 151 Å². The van der Waals surface area contributed by atoms with E-state index in [1.807, 2.05) is 0 Å². The summed E-state index contributed by atoms with van der Waals surface area (Å²) < 4.78 is 127. The molecular formula is C78H126N14O33. The predicted octanol–water partition coefficient (Wildman–Crippen LogP) is -5.43. The van der Waals surface area contributed by atoms with Crippen molar-refractivity contribution in [2.24, 2.45) is 0 Å². The number of amides is 6. The highest BCUT2D eigenvalue weighted by molar-refractivity contribution is 6.12. The zero-order valence-electron chi connectivity index (χ0n) is 71.1. The van der Waals surface area contributed by atoms with E-state index in [0.29, 0.717) is 167 Å². The maximum Gasteiger partial charge on any atom is 0.253 e. The molecule has 10 rings (SSSR count). The van der Waals surface area contributed by atoms with Crippen molar-refractivity contribution in [2.45, 2.75) is 201 Å². The van der Waals surface area contributed by atoms with Crippen LogP contribution in [0.1, 0.15) is 88.7 Å². The van der Waals surface area contributed by atoms with Crippen LogP contribution in [0.15, 0.2) is 30.7 Å². The molecule has 47 heteroatoms. The Morgan fingerprint density at radius 2 is 0.792 bits per heavy atom. The number of nitrogens with zero attached hydrogens (tertiary/aromatic N) is 10. The second kappa shape index (κ2) is 53.3. The molecule has 0 aliphatic carbocycles. The number of aliphatic hydroxyl groups is 6. The van der Waals surface area contributed by atoms with E-state index in [0.717, 1.165) is 0 Å². The Morgan fingerprint density at radius 3 is 1.19 bits per heavy atom. The molecular weight excluding hydrogens is 1660 g/mol. The molecule has 6 amide bonds. The van der Waals surface area contributed by atoms with Crippen LogP contribution in [0.25, 0.3) is 0 Å². The first-order chi connectivity index (χ1) is 60.7. The van der Waals surface area contributed by atoms with Crippen LogP contribution in [0.4, 0.5) is 0 Å². The lowest BCUT2D eigenvalue weighted by Gasteiger charge is -2.42. The lowest BCUT2D eigenvalue weighted by molar-refractivity contribution is -0.238. The average Bonchev–Trinajstić information content (AvgIpc) is 1.60. The van der Waals surface area contributed by atoms with Gasteiger partial charge in [-0.25, -0.2) is 14.0 Å². The number of rotatable bonds is 69. The quantitative estimate of drug-likeness (QED) is 0.0186. The molecule has 706 valence electrons. The Kier molecular flexibility index (Phi) is 42.7. The van der Waals surface area contributed by atoms with Crippen molar-refractivity contribution in [3.63, 3.8) is 0 Å². The summed E-state index contributed by atoms with van der Waals surface area (Å²) in [5, 5.41) is 100. The van der Waals surface area contributed by atoms with Gasteiger partial charge >= 0.3 is 0 Å². The molecule has 0 aromatic carbocycles. The Balaban J connectivity index is 0.651. The zero-order chi connectivity index (χ0) is 88.5. The van der Waals surface area contributed by atoms with Gasteiger partial charge in [-0.15, -0.1) is 15.3 Å². The number of hydrogen-bond donors (Lipinski definition) is 10. The van der Waals surface area contributed by atoms with Crippen molar-refractivity contribution in [3.05, 3.63) is 47.8 Å². The molecule has 6 fully saturated rings. The standard InChI is InChI=1S/C78H126N14O33/c1-55(93)80-66-68(100)71(103)77(53-121-73(66)124-77)50-115-37-34-112-31-28-109-25-22-106-19-16-90-41-58(84-87-90)44-118-47-75(82-62(97)10-5-3-7-13-79-61(96)9-6-4-8-14-92-63(98)11-12-64(92)99,46-117-43-57-40-89(86-83-57)15-18-105-21-24-108-27-30-111-33-36-114-49-76-52-120-65(123-76)39-60(95)70(76)102)48-119-45-59-42-91(88-85-59)17-20-107-23-26-110-29-32-113-35-38-116-51-78-54-122-74(125-78)67(81-56(2)94)69(101)72(78)104/h11-12,40-42,60,65-74,95,100-104H,3-10,13-39,43-54H2,1-2H3,(H,79,96)(H,80,93)(H,81,94)(H,82,97)/t60-,65?,66-,67-,68-,69-,70-,71-,72-,73+,74+,76+,77+,78+/m1/s1. The first-order valence-corrected chi connectivity index (χ1v) is 42.6. The maximum atomic E-state index is 14.2. The number of aromatic nitrogens is 9. The van der Waals surface area contributed by atoms with E-state index >= 15 is 0 Å². The number of aliphatic hydroxyl groups excluding tert-OH is 6. The number of carbonyl (C=O) groups is 6. The molecule has 7 aliphatic rings. The van der Waals surface area contributed by atoms with Crippen molar-refractivity contribution in [2.75, 3.05) is 211 Å². The summed E-state index contributed by atoms with van der Waals surface area (Å²) in [5.41, 5.74) is -3.52. The molecule has 0 spiro atoms. The Morgan fingerprint density at radius 1 is 0.432 bits per heavy atom. The minimum absolute atomic E-state index is 0.0191. The van der Waals surface area contributed by atoms with Crippen LogP contribution in [0.3, 0.4) is 0 Å². The molecule has 3 aromatic heterocycles. The minimum atomic E-state index is -1.35. The topological polar surface area (TPSA) is 561 Å². The highest BCUT2D eigenvalue weighted by Crippen LogP contribution is 2.40. The van der Waals surface area contributed by atoms with Crippen molar-refractivity contribution >= 4 is 35.4 Å². The number of imide groups is 1. The number of nitrogens with one attached hydrogen (secondary N) is 4. The summed E-state index contributed by atoms with van der Waals surface area (Å²) >= 11 is 0. The molecule has 6 saturated heterocycles. The third kappa shape index (κ3) is 32.6. The van der Waals surface area contributed by atoms with Gasteiger partial charge in [-0.05, 0) is 25.7 Å². The fourth-order valence-electron chi connectivity index (χ4n) is 14.5. The third-order valence-electron chi connectivity index (χ3n) is 21.1. The van der Waals surface area contributed by atoms with Crippen molar-refractivity contribution in [1.82, 2.24) is 71.1 Å². The summed E-state index contributed by atoms with van der Waals surface area (Å²) in [4.78, 5) is 75.1. The van der Waals surface area contributed by atoms with Crippen LogP contribution < -0.4 is 21.3 Å². The lowest BCUT2D eigenvalue weighted by Crippen LogP contribution is -2.66. The Hall–Kier alpha value is -6.90. The van der Waals surface area contributed by atoms with Gasteiger partial charge in [0.25, 0.3) is 11.8 Å². The van der Waals surface area contributed by atoms with Gasteiger partial charge in [0.1, 0.15) is 82.0 Å². The highest BCUT2D eigenvalue weighted by atomic mass is 16.8. The minimum Gasteiger partial charge on any atom is -0.390 e. The van der Waals surface area contributed by atoms with Crippen LogP contribution in [0.2, 0.25) is 0 Å². The van der Waals surface area contributed by atoms with Gasteiger partial charge in [-0.2, -0.15) is 0 Å². The van der Waals surface area contributed by atoms with E-state index in [2.05, 4.69) is 52.2 Å². The molecule has 7 aliphatic heterocycles. The molecule has 125 heavy (non-hydrogen) atoms. The number of carbonyl (C=O) groups excluding carboxylic acids is 6. The van der Waals surface area contributed by atoms with E-state index < -0.39 is 102 Å². The second-order valence-electron chi connectivity index (χ2n) is 31.2. The second-order valence-corrected chi connectivity index (χ2v) is 31.2. The fraction of sp³-hybridized carbons (Fsp3) is 0.821. The molecule has 47 nitrogen and oxygen atoms in total. The number of ether oxygens (including phenoxy) is 21. The van der Waals surface area contributed by atoms with Gasteiger partial charge in [0.2, 0.25) is 23.6 Å². The maximum absolute atomic E-state index is 14.2. The molecule has 0 saturated carbocycles. The number of fused-ring (bicyclic) bond motifs is 6. The van der Waals surface area contributed by atoms with Gasteiger partial charge in [0, 0.05) is 58.4 Å². The normalized spacial score (nSPS) is 26.0. The van der Waals surface area contributed by atoms with E-state index in [9.17, 15) is 59.4 Å². The van der Waals surface area contributed by atoms with Crippen molar-refractivity contribution in [1.29, 1.82) is 0 Å². The monoisotopic (exact) mass is 1790 g/mol. The van der Waals surface area contributed by atoms with Crippen LogP contribution >= 0.6 is 0 Å². The van der Waals surface area contributed by atoms with Crippen molar-refractivity contribution in [3.8, 4) is 0 Å². The fourth-order valence-corrected chi connectivity index (χ4v) is 14.5. The summed E-state index contributed by atoms with van der Waals surface area (Å²) in [6.07, 6.45) is 2.08. The number of hydrogen-bond acceptors (Lipinski definition) is 39. The van der Waals surface area contributed by atoms with E-state index in [-0.39, 0.29) is 182 Å². The third-order valence-corrected chi connectivity index (χ3v) is 21.1. The summed E-state index contributed by atoms with van der Waals surface area (Å²) in [6, 6.07) is -1.83. The van der Waals surface area contributed by atoms with E-state index in [4.69, 9.17) is 99.5 Å². The summed E-state index contributed by atoms with van der Waals surface area (Å²) in [5.74, 6) is -1.88. The van der Waals surface area contributed by atoms with Gasteiger partial charge in [-0.1, -0.05) is 28.5 Å². The van der Waals surface area contributed by atoms with Gasteiger partial charge in [0.05, 0.1) is 262 Å². The highest BCUT2D eigenvalue weighted by Gasteiger charge is 2.61. The van der Waals surface area contributed by atoms with Crippen molar-refractivity contribution < 1.29 is 159 Å². The Bertz CT molecular complexity index is 3550. The molecule has 10 heterocycles. The Labute approximate surface area is 723 Å². The van der Waals surface area contributed by atoms with Crippen LogP contribution in [-0.2, 0) is 168 Å². The first-order valence-electron chi connectivity index (χ1n) is 42.6. The molecule has 6 bridgehead atoms. The van der Waals surface area contributed by atoms with Gasteiger partial charge in [-0.3, -0.25) is 33.7 Å². The first kappa shape index (κ1) is 100. The predicted molar refractivity (Wildman–Crippen MR) is 422 cm³/mol. The SMILES string of the molecule is CC(=O)N[C@H]1[C@H]2OC[C@](COCCOCCOCCOCCn3cc(COCC(COCc4cn(CCOCCOCCOCCOC[C@@]56CO[C@@H](O5)[C@H](NC(C)=O)[C@@H](O)[C@H]6O)nn4)(COCc4cn(CCOCCOCCOCCOC[C@]56COC(C[C@@H](O)[C@H]5O)O6)nn4)NC(=O)CCCCCNC(=O)CCCCCN4C(=O)C=CC4=O)nn3)(O2)[C@H](O)[C@@H]1O. The molecule has 10 N–H and O–H groups in total. The van der Waals surface area contributed by atoms with Gasteiger partial charge in [0.15, 0.2) is 18.9 Å². The smallest absolute Gasteiger partial charge is 0.253 e. The zero-order valence-corrected chi connectivity index (χ0v) is 71.1. The molecule has 14 atom stereocenters. The molecule has 3 aromatic rings. The summed E-state index contributed by atoms with van der Waals surface area (Å²) in [7, 11) is 0. The van der Waals surface area contributed by atoms with Crippen LogP contribution in [0, 0.1) is 0 Å². The summed E-state index contributed by atoms with van der Waals surface area (Å²) in [6.45, 7) is 9.79. The van der Waals surface area contributed by atoms with E-state index in [1.165, 1.54) is 30.9 Å². The largest absolute Gasteiger partial charge is 0.390 e. The van der Waals surface area contributed by atoms with Crippen LogP contribution in [-0.4, -0.2) is 417 Å².